The van der Waals surface area contributed by atoms with Gasteiger partial charge in [0.1, 0.15) is 9.26 Å². The van der Waals surface area contributed by atoms with Gasteiger partial charge in [-0.15, -0.1) is 13.2 Å². The topological polar surface area (TPSA) is 39.2 Å². The average molecular weight is 385 g/mol. The van der Waals surface area contributed by atoms with E-state index in [9.17, 15) is 31.1 Å². The summed E-state index contributed by atoms with van der Waals surface area (Å²) in [7, 11) is 0. The fourth-order valence-electron chi connectivity index (χ4n) is 1.04. The number of rotatable bonds is 2. The Balaban J connectivity index is 3.52. The van der Waals surface area contributed by atoms with Crippen LogP contribution >= 0.6 is 22.6 Å². The highest BCUT2D eigenvalue weighted by atomic mass is 127. The SMILES string of the molecule is O=Cc1cnc(I)c(C(F)(F)F)c1OC(F)(F)F. The summed E-state index contributed by atoms with van der Waals surface area (Å²) in [6.45, 7) is 0. The standard InChI is InChI=1S/C8H2F6INO2/c9-7(10,11)4-5(18-8(12,13)14)3(2-17)1-16-6(4)15/h1-2H. The summed E-state index contributed by atoms with van der Waals surface area (Å²) in [6, 6.07) is 0. The Morgan fingerprint density at radius 2 is 1.78 bits per heavy atom. The highest BCUT2D eigenvalue weighted by molar-refractivity contribution is 14.1. The first-order valence-electron chi connectivity index (χ1n) is 4.03. The first kappa shape index (κ1) is 15.0. The van der Waals surface area contributed by atoms with Crippen molar-refractivity contribution >= 4 is 28.9 Å². The van der Waals surface area contributed by atoms with Gasteiger partial charge >= 0.3 is 12.5 Å². The van der Waals surface area contributed by atoms with Crippen molar-refractivity contribution in [2.24, 2.45) is 0 Å². The molecule has 1 aromatic heterocycles. The third-order valence-electron chi connectivity index (χ3n) is 1.64. The number of carbonyl (C=O) groups excluding carboxylic acids is 1. The van der Waals surface area contributed by atoms with Gasteiger partial charge in [-0.25, -0.2) is 4.98 Å². The predicted molar refractivity (Wildman–Crippen MR) is 54.0 cm³/mol. The van der Waals surface area contributed by atoms with E-state index in [0.717, 1.165) is 22.6 Å². The third-order valence-corrected chi connectivity index (χ3v) is 2.46. The molecule has 3 nitrogen and oxygen atoms in total. The summed E-state index contributed by atoms with van der Waals surface area (Å²) in [6.07, 6.45) is -10.1. The molecule has 0 aliphatic heterocycles. The molecule has 18 heavy (non-hydrogen) atoms. The highest BCUT2D eigenvalue weighted by Gasteiger charge is 2.43. The van der Waals surface area contributed by atoms with Crippen LogP contribution in [0.25, 0.3) is 0 Å². The quantitative estimate of drug-likeness (QED) is 0.339. The minimum absolute atomic E-state index is 0.195. The molecule has 0 N–H and O–H groups in total. The Kier molecular flexibility index (Phi) is 4.08. The van der Waals surface area contributed by atoms with E-state index in [2.05, 4.69) is 9.72 Å². The molecule has 0 fully saturated rings. The molecule has 1 rings (SSSR count). The van der Waals surface area contributed by atoms with Crippen molar-refractivity contribution in [2.75, 3.05) is 0 Å². The Labute approximate surface area is 109 Å². The maximum atomic E-state index is 12.6. The van der Waals surface area contributed by atoms with Gasteiger partial charge in [0.25, 0.3) is 0 Å². The third kappa shape index (κ3) is 3.46. The first-order valence-corrected chi connectivity index (χ1v) is 5.10. The molecule has 100 valence electrons. The van der Waals surface area contributed by atoms with Crippen molar-refractivity contribution in [2.45, 2.75) is 12.5 Å². The van der Waals surface area contributed by atoms with E-state index in [1.54, 1.807) is 0 Å². The zero-order valence-electron chi connectivity index (χ0n) is 8.06. The van der Waals surface area contributed by atoms with Gasteiger partial charge in [0.05, 0.1) is 5.56 Å². The summed E-state index contributed by atoms with van der Waals surface area (Å²) in [5, 5.41) is 0. The molecule has 0 unspecified atom stereocenters. The van der Waals surface area contributed by atoms with Gasteiger partial charge in [-0.2, -0.15) is 13.2 Å². The lowest BCUT2D eigenvalue weighted by molar-refractivity contribution is -0.276. The molecular weight excluding hydrogens is 383 g/mol. The van der Waals surface area contributed by atoms with Crippen molar-refractivity contribution in [3.63, 3.8) is 0 Å². The number of carbonyl (C=O) groups is 1. The van der Waals surface area contributed by atoms with Gasteiger partial charge in [0, 0.05) is 6.20 Å². The molecular formula is C8H2F6INO2. The Morgan fingerprint density at radius 3 is 2.17 bits per heavy atom. The van der Waals surface area contributed by atoms with Crippen molar-refractivity contribution in [3.8, 4) is 5.75 Å². The number of hydrogen-bond acceptors (Lipinski definition) is 3. The normalized spacial score (nSPS) is 12.4. The molecule has 0 aliphatic rings. The van der Waals surface area contributed by atoms with Crippen molar-refractivity contribution in [3.05, 3.63) is 21.0 Å². The smallest absolute Gasteiger partial charge is 0.404 e. The molecule has 0 bridgehead atoms. The molecule has 0 amide bonds. The van der Waals surface area contributed by atoms with Gasteiger partial charge < -0.3 is 4.74 Å². The Bertz CT molecular complexity index is 470. The van der Waals surface area contributed by atoms with Crippen molar-refractivity contribution in [1.82, 2.24) is 4.98 Å². The zero-order chi connectivity index (χ0) is 14.1. The van der Waals surface area contributed by atoms with Crippen LogP contribution in [0.4, 0.5) is 26.3 Å². The molecule has 0 spiro atoms. The summed E-state index contributed by atoms with van der Waals surface area (Å²) >= 11 is 1.10. The van der Waals surface area contributed by atoms with Crippen LogP contribution in [0.15, 0.2) is 6.20 Å². The molecule has 0 atom stereocenters. The van der Waals surface area contributed by atoms with Crippen LogP contribution in [0, 0.1) is 3.70 Å². The van der Waals surface area contributed by atoms with Crippen LogP contribution < -0.4 is 4.74 Å². The van der Waals surface area contributed by atoms with Crippen molar-refractivity contribution < 1.29 is 35.9 Å². The van der Waals surface area contributed by atoms with Gasteiger partial charge in [0.15, 0.2) is 12.0 Å². The minimum atomic E-state index is -5.35. The number of aldehydes is 1. The number of hydrogen-bond donors (Lipinski definition) is 0. The fourth-order valence-corrected chi connectivity index (χ4v) is 1.73. The van der Waals surface area contributed by atoms with Crippen LogP contribution in [-0.4, -0.2) is 17.6 Å². The number of alkyl halides is 6. The molecule has 0 radical (unpaired) electrons. The largest absolute Gasteiger partial charge is 0.573 e. The van der Waals surface area contributed by atoms with Gasteiger partial charge in [-0.3, -0.25) is 4.79 Å². The zero-order valence-corrected chi connectivity index (χ0v) is 10.2. The lowest BCUT2D eigenvalue weighted by Crippen LogP contribution is -2.22. The molecule has 0 aliphatic carbocycles. The number of pyridine rings is 1. The first-order chi connectivity index (χ1) is 8.06. The van der Waals surface area contributed by atoms with E-state index in [1.165, 1.54) is 0 Å². The highest BCUT2D eigenvalue weighted by Crippen LogP contribution is 2.41. The lowest BCUT2D eigenvalue weighted by atomic mass is 10.2. The second-order valence-electron chi connectivity index (χ2n) is 2.87. The van der Waals surface area contributed by atoms with Gasteiger partial charge in [-0.1, -0.05) is 0 Å². The summed E-state index contributed by atoms with van der Waals surface area (Å²) < 4.78 is 76.4. The maximum absolute atomic E-state index is 12.6. The summed E-state index contributed by atoms with van der Waals surface area (Å²) in [4.78, 5) is 13.6. The summed E-state index contributed by atoms with van der Waals surface area (Å²) in [5.41, 5.74) is -2.66. The van der Waals surface area contributed by atoms with Crippen LogP contribution in [0.5, 0.6) is 5.75 Å². The number of nitrogens with zero attached hydrogens (tertiary/aromatic N) is 1. The minimum Gasteiger partial charge on any atom is -0.404 e. The maximum Gasteiger partial charge on any atom is 0.573 e. The molecule has 0 saturated carbocycles. The lowest BCUT2D eigenvalue weighted by Gasteiger charge is -2.17. The summed E-state index contributed by atoms with van der Waals surface area (Å²) in [5.74, 6) is -1.59. The number of halogens is 7. The second-order valence-corrected chi connectivity index (χ2v) is 3.89. The molecule has 0 aromatic carbocycles. The van der Waals surface area contributed by atoms with E-state index in [-0.39, 0.29) is 6.29 Å². The van der Waals surface area contributed by atoms with E-state index in [1.807, 2.05) is 0 Å². The number of ether oxygens (including phenoxy) is 1. The van der Waals surface area contributed by atoms with Gasteiger partial charge in [-0.05, 0) is 22.6 Å². The molecule has 10 heteroatoms. The fraction of sp³-hybridized carbons (Fsp3) is 0.250. The van der Waals surface area contributed by atoms with Crippen LogP contribution in [-0.2, 0) is 6.18 Å². The predicted octanol–water partition coefficient (Wildman–Crippen LogP) is 3.42. The average Bonchev–Trinajstić information content (AvgIpc) is 2.13. The van der Waals surface area contributed by atoms with E-state index in [4.69, 9.17) is 0 Å². The van der Waals surface area contributed by atoms with Crippen molar-refractivity contribution in [1.29, 1.82) is 0 Å². The van der Waals surface area contributed by atoms with Crippen LogP contribution in [0.3, 0.4) is 0 Å². The van der Waals surface area contributed by atoms with Gasteiger partial charge in [0.2, 0.25) is 0 Å². The van der Waals surface area contributed by atoms with Crippen LogP contribution in [0.1, 0.15) is 15.9 Å². The molecule has 1 aromatic rings. The monoisotopic (exact) mass is 385 g/mol. The second kappa shape index (κ2) is 4.90. The molecule has 1 heterocycles. The van der Waals surface area contributed by atoms with Crippen LogP contribution in [0.2, 0.25) is 0 Å². The molecule has 0 saturated heterocycles. The van der Waals surface area contributed by atoms with E-state index < -0.39 is 33.1 Å². The Morgan fingerprint density at radius 1 is 1.22 bits per heavy atom. The van der Waals surface area contributed by atoms with E-state index in [0.29, 0.717) is 6.20 Å². The van der Waals surface area contributed by atoms with E-state index >= 15 is 0 Å². The Hall–Kier alpha value is -1.07. The number of aromatic nitrogens is 1.